The van der Waals surface area contributed by atoms with Crippen LogP contribution in [0.5, 0.6) is 0 Å². The molecule has 0 aliphatic carbocycles. The number of carbonyl (C=O) groups is 1. The van der Waals surface area contributed by atoms with Gasteiger partial charge >= 0.3 is 0 Å². The number of ether oxygens (including phenoxy) is 1. The predicted octanol–water partition coefficient (Wildman–Crippen LogP) is 2.99. The second kappa shape index (κ2) is 10.2. The molecule has 124 valence electrons. The number of nitrogens with zero attached hydrogens (tertiary/aromatic N) is 2. The molecule has 0 spiro atoms. The van der Waals surface area contributed by atoms with Gasteiger partial charge in [-0.05, 0) is 24.2 Å². The highest BCUT2D eigenvalue weighted by molar-refractivity contribution is 6.35. The van der Waals surface area contributed by atoms with Crippen molar-refractivity contribution < 1.29 is 19.3 Å². The highest BCUT2D eigenvalue weighted by Crippen LogP contribution is 2.29. The van der Waals surface area contributed by atoms with Crippen LogP contribution in [0.3, 0.4) is 0 Å². The number of carboxylic acids is 1. The quantitative estimate of drug-likeness (QED) is 0.581. The van der Waals surface area contributed by atoms with Crippen molar-refractivity contribution in [3.63, 3.8) is 0 Å². The highest BCUT2D eigenvalue weighted by Gasteiger charge is 2.22. The number of hydrogen-bond donors (Lipinski definition) is 0. The van der Waals surface area contributed by atoms with Crippen molar-refractivity contribution in [1.82, 2.24) is 0 Å². The molecule has 0 amide bonds. The van der Waals surface area contributed by atoms with Gasteiger partial charge in [0, 0.05) is 27.7 Å². The highest BCUT2D eigenvalue weighted by atomic mass is 35.5. The molecule has 1 aromatic carbocycles. The van der Waals surface area contributed by atoms with E-state index in [9.17, 15) is 0 Å². The number of carboxylic acid groups (broad SMARTS) is 1. The Morgan fingerprint density at radius 3 is 2.78 bits per heavy atom. The maximum atomic E-state index is 8.89. The molecular formula is C16H18Cl2N2O3. The van der Waals surface area contributed by atoms with Gasteiger partial charge in [0.15, 0.2) is 6.20 Å². The first-order valence-corrected chi connectivity index (χ1v) is 7.65. The number of rotatable bonds is 6. The Balaban J connectivity index is 0.000000593. The van der Waals surface area contributed by atoms with Crippen molar-refractivity contribution in [1.29, 1.82) is 0 Å². The minimum absolute atomic E-state index is 0.172. The zero-order chi connectivity index (χ0) is 17.2. The second-order valence-electron chi connectivity index (χ2n) is 4.60. The molecule has 5 nitrogen and oxygen atoms in total. The fraction of sp³-hybridized carbons (Fsp3) is 0.312. The third-order valence-electron chi connectivity index (χ3n) is 2.72. The standard InChI is InChI=1S/C14H15Cl2N2O.C2H4O2/c1-2-8-19-14(10-18-7-3-6-17-18)12-5-4-11(15)9-13(12)16;1-2(3)4/h2-5,7,9,14H,1,6,8,10H2;1H3,(H,3,4)/q+1;/p-1. The molecule has 1 atom stereocenters. The molecule has 0 fully saturated rings. The lowest BCUT2D eigenvalue weighted by Gasteiger charge is -2.15. The summed E-state index contributed by atoms with van der Waals surface area (Å²) in [5.41, 5.74) is 0.906. The Morgan fingerprint density at radius 1 is 1.57 bits per heavy atom. The molecule has 1 aliphatic heterocycles. The normalized spacial score (nSPS) is 13.8. The molecule has 2 rings (SSSR count). The Bertz CT molecular complexity index is 611. The van der Waals surface area contributed by atoms with Crippen LogP contribution in [0.25, 0.3) is 0 Å². The van der Waals surface area contributed by atoms with Gasteiger partial charge in [0.2, 0.25) is 6.54 Å². The minimum atomic E-state index is -1.08. The van der Waals surface area contributed by atoms with Crippen LogP contribution in [-0.4, -0.2) is 30.4 Å². The van der Waals surface area contributed by atoms with Crippen LogP contribution < -0.4 is 5.11 Å². The summed E-state index contributed by atoms with van der Waals surface area (Å²) in [7, 11) is 0. The Hall–Kier alpha value is -1.69. The van der Waals surface area contributed by atoms with Crippen LogP contribution in [0, 0.1) is 0 Å². The van der Waals surface area contributed by atoms with E-state index in [0.29, 0.717) is 29.7 Å². The third kappa shape index (κ3) is 7.41. The van der Waals surface area contributed by atoms with E-state index in [2.05, 4.69) is 11.7 Å². The largest absolute Gasteiger partial charge is 0.550 e. The van der Waals surface area contributed by atoms with E-state index in [1.54, 1.807) is 12.1 Å². The molecule has 0 bridgehead atoms. The number of aliphatic carboxylic acids is 1. The van der Waals surface area contributed by atoms with Crippen molar-refractivity contribution in [3.8, 4) is 0 Å². The summed E-state index contributed by atoms with van der Waals surface area (Å²) in [6, 6.07) is 5.42. The lowest BCUT2D eigenvalue weighted by Crippen LogP contribution is -2.16. The van der Waals surface area contributed by atoms with Gasteiger partial charge in [-0.25, -0.2) is 0 Å². The van der Waals surface area contributed by atoms with E-state index in [4.69, 9.17) is 37.8 Å². The molecule has 0 N–H and O–H groups in total. The molecule has 1 aromatic rings. The van der Waals surface area contributed by atoms with Crippen LogP contribution in [0.2, 0.25) is 10.0 Å². The number of hydrogen-bond acceptors (Lipinski definition) is 4. The van der Waals surface area contributed by atoms with Gasteiger partial charge in [-0.2, -0.15) is 0 Å². The number of benzene rings is 1. The second-order valence-corrected chi connectivity index (χ2v) is 5.44. The van der Waals surface area contributed by atoms with Crippen LogP contribution in [-0.2, 0) is 9.53 Å². The van der Waals surface area contributed by atoms with Crippen molar-refractivity contribution in [2.75, 3.05) is 19.7 Å². The summed E-state index contributed by atoms with van der Waals surface area (Å²) in [6.07, 6.45) is 5.48. The van der Waals surface area contributed by atoms with Crippen LogP contribution >= 0.6 is 23.2 Å². The predicted molar refractivity (Wildman–Crippen MR) is 87.6 cm³/mol. The first-order chi connectivity index (χ1) is 10.9. The van der Waals surface area contributed by atoms with E-state index >= 15 is 0 Å². The van der Waals surface area contributed by atoms with Gasteiger partial charge in [-0.15, -0.1) is 6.58 Å². The summed E-state index contributed by atoms with van der Waals surface area (Å²) in [6.45, 7) is 6.42. The molecule has 1 heterocycles. The van der Waals surface area contributed by atoms with Crippen LogP contribution in [0.1, 0.15) is 18.6 Å². The summed E-state index contributed by atoms with van der Waals surface area (Å²) in [4.78, 5) is 8.89. The van der Waals surface area contributed by atoms with Gasteiger partial charge in [0.05, 0.1) is 6.61 Å². The van der Waals surface area contributed by atoms with Crippen molar-refractivity contribution >= 4 is 29.2 Å². The zero-order valence-corrected chi connectivity index (χ0v) is 14.3. The maximum Gasteiger partial charge on any atom is 0.204 e. The Kier molecular flexibility index (Phi) is 8.55. The van der Waals surface area contributed by atoms with E-state index in [-0.39, 0.29) is 6.10 Å². The molecule has 0 saturated heterocycles. The maximum absolute atomic E-state index is 8.89. The fourth-order valence-corrected chi connectivity index (χ4v) is 2.37. The summed E-state index contributed by atoms with van der Waals surface area (Å²) < 4.78 is 7.64. The van der Waals surface area contributed by atoms with E-state index in [1.165, 1.54) is 0 Å². The molecule has 1 unspecified atom stereocenters. The molecule has 7 heteroatoms. The van der Waals surface area contributed by atoms with E-state index in [0.717, 1.165) is 12.5 Å². The number of carbonyl (C=O) groups excluding carboxylic acids is 1. The van der Waals surface area contributed by atoms with Gasteiger partial charge in [-0.1, -0.05) is 40.0 Å². The molecule has 0 radical (unpaired) electrons. The van der Waals surface area contributed by atoms with Gasteiger partial charge in [0.1, 0.15) is 12.6 Å². The third-order valence-corrected chi connectivity index (χ3v) is 3.29. The number of azo groups is 2. The first kappa shape index (κ1) is 19.4. The first-order valence-electron chi connectivity index (χ1n) is 6.89. The molecule has 0 saturated carbocycles. The monoisotopic (exact) mass is 356 g/mol. The van der Waals surface area contributed by atoms with Gasteiger partial charge in [-0.3, -0.25) is 0 Å². The van der Waals surface area contributed by atoms with Gasteiger partial charge in [0.25, 0.3) is 0 Å². The SMILES string of the molecule is C=CCOC(C[N+]1=NCC=C1)c1ccc(Cl)cc1Cl.CC(=O)[O-]. The fourth-order valence-electron chi connectivity index (χ4n) is 1.84. The zero-order valence-electron chi connectivity index (χ0n) is 12.7. The minimum Gasteiger partial charge on any atom is -0.550 e. The molecule has 1 aliphatic rings. The Labute approximate surface area is 145 Å². The van der Waals surface area contributed by atoms with E-state index < -0.39 is 5.97 Å². The average molecular weight is 357 g/mol. The lowest BCUT2D eigenvalue weighted by atomic mass is 10.1. The summed E-state index contributed by atoms with van der Waals surface area (Å²) >= 11 is 12.1. The van der Waals surface area contributed by atoms with Crippen LogP contribution in [0.4, 0.5) is 0 Å². The van der Waals surface area contributed by atoms with E-state index in [1.807, 2.05) is 29.1 Å². The van der Waals surface area contributed by atoms with Crippen LogP contribution in [0.15, 0.2) is 48.2 Å². The molecular weight excluding hydrogens is 339 g/mol. The lowest BCUT2D eigenvalue weighted by molar-refractivity contribution is -0.533. The molecule has 23 heavy (non-hydrogen) atoms. The molecule has 0 aromatic heterocycles. The topological polar surface area (TPSA) is 64.7 Å². The number of halogens is 2. The Morgan fingerprint density at radius 2 is 2.26 bits per heavy atom. The van der Waals surface area contributed by atoms with Crippen molar-refractivity contribution in [3.05, 3.63) is 58.7 Å². The average Bonchev–Trinajstić information content (AvgIpc) is 2.96. The van der Waals surface area contributed by atoms with Gasteiger partial charge < -0.3 is 14.6 Å². The van der Waals surface area contributed by atoms with Crippen molar-refractivity contribution in [2.45, 2.75) is 13.0 Å². The summed E-state index contributed by atoms with van der Waals surface area (Å²) in [5.74, 6) is -1.08. The van der Waals surface area contributed by atoms with Crippen molar-refractivity contribution in [2.24, 2.45) is 5.11 Å². The summed E-state index contributed by atoms with van der Waals surface area (Å²) in [5, 5.41) is 14.4. The smallest absolute Gasteiger partial charge is 0.204 e.